The highest BCUT2D eigenvalue weighted by atomic mass is 15.0. The number of aromatic nitrogens is 2. The van der Waals surface area contributed by atoms with Crippen molar-refractivity contribution in [1.82, 2.24) is 0 Å². The van der Waals surface area contributed by atoms with E-state index in [4.69, 9.17) is 11.5 Å². The van der Waals surface area contributed by atoms with Crippen molar-refractivity contribution >= 4 is 11.8 Å². The zero-order valence-electron chi connectivity index (χ0n) is 4.31. The third-order valence-corrected chi connectivity index (χ3v) is 0.781. The van der Waals surface area contributed by atoms with Gasteiger partial charge in [-0.15, -0.1) is 4.98 Å². The predicted octanol–water partition coefficient (Wildman–Crippen LogP) is -1.52. The van der Waals surface area contributed by atoms with E-state index in [0.29, 0.717) is 11.8 Å². The zero-order chi connectivity index (χ0) is 5.98. The van der Waals surface area contributed by atoms with Gasteiger partial charge in [0.25, 0.3) is 0 Å². The summed E-state index contributed by atoms with van der Waals surface area (Å²) in [5.74, 6) is 1.02. The van der Waals surface area contributed by atoms with Crippen LogP contribution in [0, 0.1) is 0 Å². The second-order valence-corrected chi connectivity index (χ2v) is 1.47. The summed E-state index contributed by atoms with van der Waals surface area (Å²) in [5.41, 5.74) is 10.6. The van der Waals surface area contributed by atoms with Crippen molar-refractivity contribution in [3.05, 3.63) is 12.3 Å². The summed E-state index contributed by atoms with van der Waals surface area (Å²) in [5, 5.41) is 0. The molecule has 0 bridgehead atoms. The highest BCUT2D eigenvalue weighted by Gasteiger charge is 1.98. The second-order valence-electron chi connectivity index (χ2n) is 1.47. The fraction of sp³-hybridized carbons (Fsp3) is 0. The van der Waals surface area contributed by atoms with E-state index in [1.165, 1.54) is 0 Å². The van der Waals surface area contributed by atoms with Gasteiger partial charge in [-0.2, -0.15) is 4.98 Å². The van der Waals surface area contributed by atoms with Gasteiger partial charge < -0.3 is 5.73 Å². The van der Waals surface area contributed by atoms with Crippen LogP contribution in [0.3, 0.4) is 0 Å². The first kappa shape index (κ1) is 4.83. The number of aromatic amines is 2. The van der Waals surface area contributed by atoms with E-state index in [-0.39, 0.29) is 0 Å². The molecule has 42 valence electrons. The third kappa shape index (κ3) is 0.841. The lowest BCUT2D eigenvalue weighted by Crippen LogP contribution is -2.25. The van der Waals surface area contributed by atoms with E-state index >= 15 is 0 Å². The quantitative estimate of drug-likeness (QED) is 0.427. The number of nitrogen functional groups attached to an aromatic ring is 2. The van der Waals surface area contributed by atoms with Crippen molar-refractivity contribution in [3.8, 4) is 0 Å². The molecule has 0 atom stereocenters. The fourth-order valence-electron chi connectivity index (χ4n) is 0.454. The molecule has 0 radical (unpaired) electrons. The predicted molar refractivity (Wildman–Crippen MR) is 28.4 cm³/mol. The number of hydrogen-bond donors (Lipinski definition) is 2. The summed E-state index contributed by atoms with van der Waals surface area (Å²) in [4.78, 5) is 5.38. The molecule has 0 aliphatic carbocycles. The van der Waals surface area contributed by atoms with Crippen LogP contribution in [0.1, 0.15) is 0 Å². The first-order valence-electron chi connectivity index (χ1n) is 2.24. The molecule has 1 aromatic heterocycles. The number of anilines is 2. The molecule has 1 rings (SSSR count). The Morgan fingerprint density at radius 1 is 1.38 bits per heavy atom. The van der Waals surface area contributed by atoms with Gasteiger partial charge in [-0.1, -0.05) is 0 Å². The number of hydrogen-bond acceptors (Lipinski definition) is 2. The lowest BCUT2D eigenvalue weighted by Gasteiger charge is -1.78. The maximum absolute atomic E-state index is 5.30. The fourth-order valence-corrected chi connectivity index (χ4v) is 0.454. The number of rotatable bonds is 0. The number of nitrogens with one attached hydrogen (secondary N) is 2. The molecule has 4 heteroatoms. The van der Waals surface area contributed by atoms with Gasteiger partial charge in [0.1, 0.15) is 6.20 Å². The minimum Gasteiger partial charge on any atom is -0.359 e. The van der Waals surface area contributed by atoms with E-state index in [1.54, 1.807) is 12.3 Å². The lowest BCUT2D eigenvalue weighted by atomic mass is 10.6. The average molecular weight is 112 g/mol. The van der Waals surface area contributed by atoms with Crippen molar-refractivity contribution in [3.63, 3.8) is 0 Å². The summed E-state index contributed by atoms with van der Waals surface area (Å²) in [6.07, 6.45) is 1.67. The molecular weight excluding hydrogens is 104 g/mol. The Kier molecular flexibility index (Phi) is 0.997. The first-order chi connectivity index (χ1) is 3.79. The molecule has 8 heavy (non-hydrogen) atoms. The Labute approximate surface area is 46.6 Å². The molecule has 0 aliphatic heterocycles. The summed E-state index contributed by atoms with van der Waals surface area (Å²) >= 11 is 0. The summed E-state index contributed by atoms with van der Waals surface area (Å²) in [6, 6.07) is 1.69. The van der Waals surface area contributed by atoms with Crippen molar-refractivity contribution in [2.45, 2.75) is 0 Å². The number of H-pyrrole nitrogens is 2. The van der Waals surface area contributed by atoms with Crippen molar-refractivity contribution in [2.75, 3.05) is 11.5 Å². The smallest absolute Gasteiger partial charge is 0.359 e. The lowest BCUT2D eigenvalue weighted by molar-refractivity contribution is -0.493. The Bertz CT molecular complexity index is 168. The zero-order valence-corrected chi connectivity index (χ0v) is 4.31. The molecule has 1 aromatic rings. The van der Waals surface area contributed by atoms with Gasteiger partial charge in [0.05, 0.1) is 6.07 Å². The van der Waals surface area contributed by atoms with Gasteiger partial charge in [-0.05, 0) is 0 Å². The Morgan fingerprint density at radius 3 is 2.50 bits per heavy atom. The first-order valence-corrected chi connectivity index (χ1v) is 2.24. The van der Waals surface area contributed by atoms with E-state index < -0.39 is 0 Å². The van der Waals surface area contributed by atoms with Gasteiger partial charge in [-0.3, -0.25) is 0 Å². The van der Waals surface area contributed by atoms with Crippen LogP contribution in [0.15, 0.2) is 12.3 Å². The summed E-state index contributed by atoms with van der Waals surface area (Å²) < 4.78 is 0. The molecule has 1 heterocycles. The van der Waals surface area contributed by atoms with Crippen LogP contribution in [-0.4, -0.2) is 0 Å². The molecule has 0 spiro atoms. The minimum atomic E-state index is 0.463. The van der Waals surface area contributed by atoms with Gasteiger partial charge >= 0.3 is 5.95 Å². The highest BCUT2D eigenvalue weighted by molar-refractivity contribution is 5.17. The average Bonchev–Trinajstić information content (AvgIpc) is 1.64. The second kappa shape index (κ2) is 1.65. The topological polar surface area (TPSA) is 80.3 Å². The Balaban J connectivity index is 3.08. The Hall–Kier alpha value is -1.32. The molecular formula is C4H8N4+2. The SMILES string of the molecule is Nc1cc[nH+]c(N)[nH+]1. The molecule has 0 aromatic carbocycles. The van der Waals surface area contributed by atoms with Crippen LogP contribution in [0.25, 0.3) is 0 Å². The minimum absolute atomic E-state index is 0.463. The highest BCUT2D eigenvalue weighted by Crippen LogP contribution is 1.81. The molecule has 0 saturated heterocycles. The van der Waals surface area contributed by atoms with Gasteiger partial charge in [0.2, 0.25) is 5.82 Å². The van der Waals surface area contributed by atoms with Crippen LogP contribution in [0.5, 0.6) is 0 Å². The van der Waals surface area contributed by atoms with Crippen LogP contribution in [-0.2, 0) is 0 Å². The van der Waals surface area contributed by atoms with E-state index in [2.05, 4.69) is 9.97 Å². The normalized spacial score (nSPS) is 9.00. The summed E-state index contributed by atoms with van der Waals surface area (Å²) in [7, 11) is 0. The maximum Gasteiger partial charge on any atom is 0.521 e. The molecule has 0 amide bonds. The van der Waals surface area contributed by atoms with E-state index in [1.807, 2.05) is 0 Å². The van der Waals surface area contributed by atoms with E-state index in [9.17, 15) is 0 Å². The molecule has 0 saturated carbocycles. The van der Waals surface area contributed by atoms with Crippen LogP contribution >= 0.6 is 0 Å². The van der Waals surface area contributed by atoms with Crippen molar-refractivity contribution in [2.24, 2.45) is 0 Å². The largest absolute Gasteiger partial charge is 0.521 e. The summed E-state index contributed by atoms with van der Waals surface area (Å²) in [6.45, 7) is 0. The monoisotopic (exact) mass is 112 g/mol. The van der Waals surface area contributed by atoms with Gasteiger partial charge in [0.15, 0.2) is 0 Å². The van der Waals surface area contributed by atoms with Crippen LogP contribution in [0.2, 0.25) is 0 Å². The van der Waals surface area contributed by atoms with Crippen molar-refractivity contribution < 1.29 is 9.97 Å². The van der Waals surface area contributed by atoms with Crippen LogP contribution < -0.4 is 21.4 Å². The van der Waals surface area contributed by atoms with Gasteiger partial charge in [0, 0.05) is 0 Å². The van der Waals surface area contributed by atoms with Crippen LogP contribution in [0.4, 0.5) is 11.8 Å². The van der Waals surface area contributed by atoms with Gasteiger partial charge in [-0.25, -0.2) is 5.73 Å². The molecule has 0 aliphatic rings. The third-order valence-electron chi connectivity index (χ3n) is 0.781. The maximum atomic E-state index is 5.30. The van der Waals surface area contributed by atoms with Crippen molar-refractivity contribution in [1.29, 1.82) is 0 Å². The Morgan fingerprint density at radius 2 is 2.12 bits per heavy atom. The number of nitrogens with two attached hydrogens (primary N) is 2. The standard InChI is InChI=1S/C4H6N4/c5-3-1-2-7-4(6)8-3/h1-2H,(H4,5,6,7,8)/p+2. The molecule has 4 nitrogen and oxygen atoms in total. The molecule has 6 N–H and O–H groups in total. The van der Waals surface area contributed by atoms with E-state index in [0.717, 1.165) is 0 Å². The molecule has 0 unspecified atom stereocenters. The molecule has 0 fully saturated rings.